The number of amides is 3. The van der Waals surface area contributed by atoms with Gasteiger partial charge in [-0.2, -0.15) is 11.3 Å². The summed E-state index contributed by atoms with van der Waals surface area (Å²) in [4.78, 5) is 36.7. The van der Waals surface area contributed by atoms with Gasteiger partial charge in [0.1, 0.15) is 12.1 Å². The first-order valence-electron chi connectivity index (χ1n) is 10.8. The summed E-state index contributed by atoms with van der Waals surface area (Å²) in [6.45, 7) is 0.885. The van der Waals surface area contributed by atoms with Crippen molar-refractivity contribution in [3.05, 3.63) is 22.4 Å². The van der Waals surface area contributed by atoms with Crippen LogP contribution in [0.3, 0.4) is 0 Å². The lowest BCUT2D eigenvalue weighted by atomic mass is 9.84. The molecule has 6 N–H and O–H groups in total. The van der Waals surface area contributed by atoms with E-state index in [1.165, 1.54) is 6.42 Å². The molecule has 1 saturated carbocycles. The average molecular weight is 439 g/mol. The first-order chi connectivity index (χ1) is 14.5. The van der Waals surface area contributed by atoms with E-state index in [1.54, 1.807) is 11.3 Å². The first kappa shape index (κ1) is 24.1. The van der Waals surface area contributed by atoms with E-state index in [2.05, 4.69) is 16.0 Å². The van der Waals surface area contributed by atoms with Gasteiger partial charge >= 0.3 is 12.0 Å². The Bertz CT molecular complexity index is 662. The minimum Gasteiger partial charge on any atom is -0.480 e. The molecule has 1 heterocycles. The van der Waals surface area contributed by atoms with Crippen LogP contribution in [0.25, 0.3) is 0 Å². The van der Waals surface area contributed by atoms with Gasteiger partial charge in [-0.3, -0.25) is 4.79 Å². The molecule has 3 amide bonds. The second-order valence-corrected chi connectivity index (χ2v) is 8.71. The largest absolute Gasteiger partial charge is 0.480 e. The van der Waals surface area contributed by atoms with E-state index in [4.69, 9.17) is 5.73 Å². The topological polar surface area (TPSA) is 134 Å². The van der Waals surface area contributed by atoms with Crippen molar-refractivity contribution >= 4 is 29.2 Å². The zero-order valence-corrected chi connectivity index (χ0v) is 18.2. The maximum atomic E-state index is 12.8. The van der Waals surface area contributed by atoms with Crippen LogP contribution in [0.5, 0.6) is 0 Å². The Balaban J connectivity index is 1.94. The number of carbonyl (C=O) groups excluding carboxylic acids is 2. The van der Waals surface area contributed by atoms with Gasteiger partial charge in [-0.15, -0.1) is 0 Å². The molecule has 1 fully saturated rings. The Morgan fingerprint density at radius 1 is 1.13 bits per heavy atom. The number of rotatable bonds is 12. The number of hydrogen-bond donors (Lipinski definition) is 5. The second-order valence-electron chi connectivity index (χ2n) is 7.93. The normalized spacial score (nSPS) is 16.4. The molecule has 8 nitrogen and oxygen atoms in total. The Morgan fingerprint density at radius 2 is 1.87 bits per heavy atom. The van der Waals surface area contributed by atoms with Crippen molar-refractivity contribution in [1.82, 2.24) is 16.0 Å². The van der Waals surface area contributed by atoms with Crippen molar-refractivity contribution in [2.45, 2.75) is 76.4 Å². The number of urea groups is 1. The van der Waals surface area contributed by atoms with Crippen LogP contribution >= 0.6 is 11.3 Å². The molecule has 0 spiro atoms. The standard InChI is InChI=1S/C21H34N4O4S/c22-10-5-4-8-17(20(27)28)24-21(29)25-18(12-15-6-2-1-3-7-15)19(26)23-13-16-9-11-30-14-16/h9,11,14-15,17-18H,1-8,10,12-13,22H2,(H,23,26)(H,27,28)(H2,24,25,29)/t17?,18-/m1/s1. The summed E-state index contributed by atoms with van der Waals surface area (Å²) in [5.41, 5.74) is 6.47. The van der Waals surface area contributed by atoms with Gasteiger partial charge in [-0.1, -0.05) is 32.1 Å². The second kappa shape index (κ2) is 13.2. The molecule has 0 aliphatic heterocycles. The van der Waals surface area contributed by atoms with Gasteiger partial charge in [0.2, 0.25) is 5.91 Å². The monoisotopic (exact) mass is 438 g/mol. The van der Waals surface area contributed by atoms with Gasteiger partial charge in [0.05, 0.1) is 0 Å². The smallest absolute Gasteiger partial charge is 0.326 e. The SMILES string of the molecule is NCCCCC(NC(=O)N[C@H](CC1CCCCC1)C(=O)NCc1ccsc1)C(=O)O. The fourth-order valence-electron chi connectivity index (χ4n) is 3.80. The van der Waals surface area contributed by atoms with Crippen molar-refractivity contribution < 1.29 is 19.5 Å². The molecule has 1 aromatic heterocycles. The van der Waals surface area contributed by atoms with Crippen LogP contribution in [-0.4, -0.2) is 41.6 Å². The number of carbonyl (C=O) groups is 3. The number of nitrogens with one attached hydrogen (secondary N) is 3. The summed E-state index contributed by atoms with van der Waals surface area (Å²) in [5, 5.41) is 21.4. The third-order valence-corrected chi connectivity index (χ3v) is 6.24. The maximum absolute atomic E-state index is 12.8. The van der Waals surface area contributed by atoms with Gasteiger partial charge in [-0.05, 0) is 60.5 Å². The number of hydrogen-bond acceptors (Lipinski definition) is 5. The van der Waals surface area contributed by atoms with Gasteiger partial charge in [0.15, 0.2) is 0 Å². The van der Waals surface area contributed by atoms with E-state index >= 15 is 0 Å². The summed E-state index contributed by atoms with van der Waals surface area (Å²) in [6.07, 6.45) is 7.77. The Hall–Kier alpha value is -2.13. The predicted molar refractivity (Wildman–Crippen MR) is 117 cm³/mol. The van der Waals surface area contributed by atoms with E-state index in [0.29, 0.717) is 44.7 Å². The molecule has 0 radical (unpaired) electrons. The highest BCUT2D eigenvalue weighted by Crippen LogP contribution is 2.27. The highest BCUT2D eigenvalue weighted by atomic mass is 32.1. The average Bonchev–Trinajstić information content (AvgIpc) is 3.25. The molecule has 2 atom stereocenters. The number of thiophene rings is 1. The van der Waals surface area contributed by atoms with Crippen LogP contribution in [0, 0.1) is 5.92 Å². The van der Waals surface area contributed by atoms with Crippen LogP contribution in [0.1, 0.15) is 63.4 Å². The third kappa shape index (κ3) is 8.71. The van der Waals surface area contributed by atoms with Crippen molar-refractivity contribution in [3.8, 4) is 0 Å². The van der Waals surface area contributed by atoms with E-state index in [9.17, 15) is 19.5 Å². The van der Waals surface area contributed by atoms with Crippen molar-refractivity contribution in [2.24, 2.45) is 11.7 Å². The van der Waals surface area contributed by atoms with Crippen molar-refractivity contribution in [2.75, 3.05) is 6.54 Å². The Labute approximate surface area is 182 Å². The molecule has 168 valence electrons. The third-order valence-electron chi connectivity index (χ3n) is 5.51. The van der Waals surface area contributed by atoms with Gasteiger partial charge < -0.3 is 26.8 Å². The van der Waals surface area contributed by atoms with Gasteiger partial charge in [0.25, 0.3) is 0 Å². The van der Waals surface area contributed by atoms with Crippen molar-refractivity contribution in [3.63, 3.8) is 0 Å². The lowest BCUT2D eigenvalue weighted by Crippen LogP contribution is -2.53. The Morgan fingerprint density at radius 3 is 2.50 bits per heavy atom. The predicted octanol–water partition coefficient (Wildman–Crippen LogP) is 2.58. The number of nitrogens with two attached hydrogens (primary N) is 1. The summed E-state index contributed by atoms with van der Waals surface area (Å²) >= 11 is 1.56. The quantitative estimate of drug-likeness (QED) is 0.320. The highest BCUT2D eigenvalue weighted by Gasteiger charge is 2.27. The molecule has 1 aromatic rings. The molecule has 1 aliphatic carbocycles. The summed E-state index contributed by atoms with van der Waals surface area (Å²) in [5.74, 6) is -0.944. The molecule has 2 rings (SSSR count). The van der Waals surface area contributed by atoms with Crippen LogP contribution in [0.2, 0.25) is 0 Å². The van der Waals surface area contributed by atoms with Gasteiger partial charge in [-0.25, -0.2) is 9.59 Å². The van der Waals surface area contributed by atoms with E-state index in [-0.39, 0.29) is 5.91 Å². The van der Waals surface area contributed by atoms with Crippen LogP contribution < -0.4 is 21.7 Å². The van der Waals surface area contributed by atoms with Crippen molar-refractivity contribution in [1.29, 1.82) is 0 Å². The molecular weight excluding hydrogens is 404 g/mol. The zero-order valence-electron chi connectivity index (χ0n) is 17.4. The molecule has 1 aliphatic rings. The Kier molecular flexibility index (Phi) is 10.6. The van der Waals surface area contributed by atoms with Crippen LogP contribution in [0.15, 0.2) is 16.8 Å². The first-order valence-corrected chi connectivity index (χ1v) is 11.7. The maximum Gasteiger partial charge on any atom is 0.326 e. The van der Waals surface area contributed by atoms with E-state index in [1.807, 2.05) is 16.8 Å². The molecular formula is C21H34N4O4S. The fourth-order valence-corrected chi connectivity index (χ4v) is 4.47. The fraction of sp³-hybridized carbons (Fsp3) is 0.667. The van der Waals surface area contributed by atoms with E-state index < -0.39 is 24.1 Å². The highest BCUT2D eigenvalue weighted by molar-refractivity contribution is 7.07. The lowest BCUT2D eigenvalue weighted by molar-refractivity contribution is -0.139. The molecule has 0 aromatic carbocycles. The summed E-state index contributed by atoms with van der Waals surface area (Å²) < 4.78 is 0. The molecule has 0 bridgehead atoms. The summed E-state index contributed by atoms with van der Waals surface area (Å²) in [6, 6.07) is -0.368. The van der Waals surface area contributed by atoms with Crippen LogP contribution in [0.4, 0.5) is 4.79 Å². The molecule has 9 heteroatoms. The minimum absolute atomic E-state index is 0.239. The number of aliphatic carboxylic acids is 1. The minimum atomic E-state index is -1.09. The zero-order chi connectivity index (χ0) is 21.8. The molecule has 1 unspecified atom stereocenters. The van der Waals surface area contributed by atoms with E-state index in [0.717, 1.165) is 31.2 Å². The summed E-state index contributed by atoms with van der Waals surface area (Å²) in [7, 11) is 0. The van der Waals surface area contributed by atoms with Gasteiger partial charge in [0, 0.05) is 6.54 Å². The van der Waals surface area contributed by atoms with Crippen LogP contribution in [-0.2, 0) is 16.1 Å². The number of carboxylic acids is 1. The number of unbranched alkanes of at least 4 members (excludes halogenated alkanes) is 1. The molecule has 0 saturated heterocycles. The molecule has 30 heavy (non-hydrogen) atoms. The lowest BCUT2D eigenvalue weighted by Gasteiger charge is -2.27. The number of carboxylic acid groups (broad SMARTS) is 1.